The highest BCUT2D eigenvalue weighted by atomic mass is 19.1. The molecule has 0 amide bonds. The summed E-state index contributed by atoms with van der Waals surface area (Å²) in [5, 5.41) is 30.6. The van der Waals surface area contributed by atoms with Crippen LogP contribution in [0.2, 0.25) is 0 Å². The number of anilines is 2. The molecule has 0 spiro atoms. The van der Waals surface area contributed by atoms with E-state index in [1.807, 2.05) is 31.5 Å². The Balaban J connectivity index is 1.44. The van der Waals surface area contributed by atoms with Crippen molar-refractivity contribution >= 4 is 22.3 Å². The van der Waals surface area contributed by atoms with E-state index in [9.17, 15) is 14.7 Å². The van der Waals surface area contributed by atoms with Gasteiger partial charge in [0.2, 0.25) is 0 Å². The number of aryl methyl sites for hydroxylation is 1. The molecule has 1 atom stereocenters. The van der Waals surface area contributed by atoms with E-state index < -0.39 is 18.0 Å². The average molecular weight is 585 g/mol. The number of nitrogens with zero attached hydrogens (tertiary/aromatic N) is 6. The fraction of sp³-hybridized carbons (Fsp3) is 0.323. The minimum Gasteiger partial charge on any atom is -0.392 e. The highest BCUT2D eigenvalue weighted by Gasteiger charge is 2.22. The first kappa shape index (κ1) is 28.4. The number of rotatable bonds is 5. The Kier molecular flexibility index (Phi) is 6.98. The predicted octanol–water partition coefficient (Wildman–Crippen LogP) is 3.51. The molecule has 1 aliphatic heterocycles. The zero-order valence-electron chi connectivity index (χ0n) is 24.6. The average Bonchev–Trinajstić information content (AvgIpc) is 3.35. The maximum atomic E-state index is 15.3. The molecule has 222 valence electrons. The van der Waals surface area contributed by atoms with E-state index in [1.165, 1.54) is 24.0 Å². The van der Waals surface area contributed by atoms with Gasteiger partial charge in [0.05, 0.1) is 36.2 Å². The van der Waals surface area contributed by atoms with E-state index in [0.29, 0.717) is 40.7 Å². The van der Waals surface area contributed by atoms with Crippen molar-refractivity contribution in [2.75, 3.05) is 5.32 Å². The first-order chi connectivity index (χ1) is 20.4. The lowest BCUT2D eigenvalue weighted by atomic mass is 9.86. The van der Waals surface area contributed by atoms with Gasteiger partial charge in [0, 0.05) is 47.8 Å². The number of hydrogen-bond acceptors (Lipinski definition) is 8. The zero-order chi connectivity index (χ0) is 30.6. The second-order valence-electron chi connectivity index (χ2n) is 12.0. The van der Waals surface area contributed by atoms with Gasteiger partial charge in [-0.1, -0.05) is 32.9 Å². The molecule has 43 heavy (non-hydrogen) atoms. The number of halogens is 1. The Morgan fingerprint density at radius 1 is 1.12 bits per heavy atom. The lowest BCUT2D eigenvalue weighted by molar-refractivity contribution is 0.281. The molecule has 12 heteroatoms. The number of nitrogens with one attached hydrogen (secondary N) is 2. The highest BCUT2D eigenvalue weighted by molar-refractivity contribution is 5.83. The molecule has 0 saturated heterocycles. The summed E-state index contributed by atoms with van der Waals surface area (Å²) in [6.07, 6.45) is 2.26. The van der Waals surface area contributed by atoms with Crippen LogP contribution in [0, 0.1) is 5.82 Å². The van der Waals surface area contributed by atoms with Gasteiger partial charge in [-0.15, -0.1) is 0 Å². The number of benzene rings is 2. The second-order valence-corrected chi connectivity index (χ2v) is 12.0. The van der Waals surface area contributed by atoms with Crippen molar-refractivity contribution in [2.24, 2.45) is 7.05 Å². The largest absolute Gasteiger partial charge is 0.392 e. The first-order valence-corrected chi connectivity index (χ1v) is 14.1. The Labute approximate surface area is 246 Å². The Bertz CT molecular complexity index is 2000. The van der Waals surface area contributed by atoms with Crippen molar-refractivity contribution in [2.45, 2.75) is 58.8 Å². The lowest BCUT2D eigenvalue weighted by Crippen LogP contribution is -2.36. The van der Waals surface area contributed by atoms with Gasteiger partial charge in [0.1, 0.15) is 11.5 Å². The third-order valence-electron chi connectivity index (χ3n) is 7.81. The summed E-state index contributed by atoms with van der Waals surface area (Å²) in [4.78, 5) is 26.6. The molecular formula is C31H33FN8O3. The molecule has 4 heterocycles. The van der Waals surface area contributed by atoms with Crippen LogP contribution in [0.3, 0.4) is 0 Å². The Hall–Kier alpha value is -4.68. The van der Waals surface area contributed by atoms with E-state index in [-0.39, 0.29) is 27.7 Å². The number of fused-ring (bicyclic) bond motifs is 2. The van der Waals surface area contributed by atoms with Crippen LogP contribution in [0.15, 0.2) is 58.3 Å². The van der Waals surface area contributed by atoms with Crippen LogP contribution in [0.5, 0.6) is 0 Å². The molecule has 5 aromatic rings. The molecular weight excluding hydrogens is 551 g/mol. The molecule has 6 rings (SSSR count). The Morgan fingerprint density at radius 3 is 2.65 bits per heavy atom. The number of aromatic nitrogens is 6. The van der Waals surface area contributed by atoms with Crippen LogP contribution in [0.1, 0.15) is 44.5 Å². The van der Waals surface area contributed by atoms with Crippen molar-refractivity contribution in [1.82, 2.24) is 34.7 Å². The number of aliphatic hydroxyl groups is 1. The molecule has 1 unspecified atom stereocenters. The summed E-state index contributed by atoms with van der Waals surface area (Å²) < 4.78 is 19.4. The van der Waals surface area contributed by atoms with Gasteiger partial charge in [0.25, 0.3) is 11.1 Å². The van der Waals surface area contributed by atoms with Crippen molar-refractivity contribution < 1.29 is 9.50 Å². The van der Waals surface area contributed by atoms with Crippen LogP contribution < -0.4 is 21.8 Å². The molecule has 2 aromatic carbocycles. The molecule has 3 aromatic heterocycles. The monoisotopic (exact) mass is 584 g/mol. The van der Waals surface area contributed by atoms with E-state index in [1.54, 1.807) is 30.3 Å². The third-order valence-corrected chi connectivity index (χ3v) is 7.81. The summed E-state index contributed by atoms with van der Waals surface area (Å²) in [5.74, 6) is -0.105. The van der Waals surface area contributed by atoms with Crippen molar-refractivity contribution in [3.05, 3.63) is 92.0 Å². The minimum absolute atomic E-state index is 0.0867. The Morgan fingerprint density at radius 2 is 1.91 bits per heavy atom. The topological polar surface area (TPSA) is 132 Å². The fourth-order valence-corrected chi connectivity index (χ4v) is 5.43. The fourth-order valence-electron chi connectivity index (χ4n) is 5.43. The molecule has 1 aliphatic rings. The smallest absolute Gasteiger partial charge is 0.290 e. The first-order valence-electron chi connectivity index (χ1n) is 14.1. The van der Waals surface area contributed by atoms with Crippen LogP contribution in [-0.2, 0) is 32.2 Å². The van der Waals surface area contributed by atoms with Crippen molar-refractivity contribution in [3.63, 3.8) is 0 Å². The van der Waals surface area contributed by atoms with Crippen LogP contribution in [0.4, 0.5) is 15.9 Å². The van der Waals surface area contributed by atoms with Crippen LogP contribution in [-0.4, -0.2) is 40.5 Å². The summed E-state index contributed by atoms with van der Waals surface area (Å²) in [7, 11) is 1.54. The van der Waals surface area contributed by atoms with Gasteiger partial charge in [-0.3, -0.25) is 19.6 Å². The highest BCUT2D eigenvalue weighted by Crippen LogP contribution is 2.30. The normalized spacial score (nSPS) is 15.1. The third kappa shape index (κ3) is 5.12. The molecule has 0 radical (unpaired) electrons. The summed E-state index contributed by atoms with van der Waals surface area (Å²) >= 11 is 0. The predicted molar refractivity (Wildman–Crippen MR) is 162 cm³/mol. The van der Waals surface area contributed by atoms with Crippen molar-refractivity contribution in [1.29, 1.82) is 0 Å². The molecule has 3 N–H and O–H groups in total. The minimum atomic E-state index is -0.648. The van der Waals surface area contributed by atoms with Crippen LogP contribution >= 0.6 is 0 Å². The van der Waals surface area contributed by atoms with E-state index in [0.717, 1.165) is 22.4 Å². The lowest BCUT2D eigenvalue weighted by Gasteiger charge is -2.20. The van der Waals surface area contributed by atoms with Crippen molar-refractivity contribution in [3.8, 4) is 16.9 Å². The number of aliphatic hydroxyl groups excluding tert-OH is 1. The van der Waals surface area contributed by atoms with Gasteiger partial charge in [-0.25, -0.2) is 9.07 Å². The van der Waals surface area contributed by atoms with E-state index in [4.69, 9.17) is 0 Å². The van der Waals surface area contributed by atoms with E-state index in [2.05, 4.69) is 32.9 Å². The maximum absolute atomic E-state index is 15.3. The standard InChI is InChI=1S/C31H33FN8O3/c1-17-9-20-12-27(37-39(20)16-33-17)35-25-13-24(36-38(5)29(25)42)21-7-6-8-26(22(21)15-41)40-30(43)28-18(14-34-40)10-19(11-23(28)32)31(2,3)4/h6-8,10-14,17,33,41H,9,15-16H2,1-5H3,(H,35,37). The molecule has 0 bridgehead atoms. The molecule has 0 fully saturated rings. The van der Waals surface area contributed by atoms with Gasteiger partial charge < -0.3 is 10.4 Å². The zero-order valence-corrected chi connectivity index (χ0v) is 24.6. The SMILES string of the molecule is CC1Cc2cc(Nc3cc(-c4cccc(-n5ncc6cc(C(C)(C)C)cc(F)c6c5=O)c4CO)nn(C)c3=O)nn2CN1. The number of hydrogen-bond donors (Lipinski definition) is 3. The van der Waals surface area contributed by atoms with E-state index >= 15 is 4.39 Å². The molecule has 11 nitrogen and oxygen atoms in total. The van der Waals surface area contributed by atoms with Gasteiger partial charge >= 0.3 is 0 Å². The molecule has 0 saturated carbocycles. The van der Waals surface area contributed by atoms with Crippen LogP contribution in [0.25, 0.3) is 27.7 Å². The summed E-state index contributed by atoms with van der Waals surface area (Å²) in [6.45, 7) is 8.12. The van der Waals surface area contributed by atoms with Gasteiger partial charge in [0.15, 0.2) is 5.82 Å². The second kappa shape index (κ2) is 10.5. The quantitative estimate of drug-likeness (QED) is 0.286. The molecule has 0 aliphatic carbocycles. The van der Waals surface area contributed by atoms with Gasteiger partial charge in [-0.2, -0.15) is 20.0 Å². The summed E-state index contributed by atoms with van der Waals surface area (Å²) in [5.41, 5.74) is 2.21. The summed E-state index contributed by atoms with van der Waals surface area (Å²) in [6, 6.07) is 12.0. The van der Waals surface area contributed by atoms with Gasteiger partial charge in [-0.05, 0) is 42.2 Å². The maximum Gasteiger partial charge on any atom is 0.290 e.